The second-order valence-corrected chi connectivity index (χ2v) is 16.6. The lowest BCUT2D eigenvalue weighted by Gasteiger charge is -2.22. The van der Waals surface area contributed by atoms with Crippen LogP contribution in [0.4, 0.5) is 22.2 Å². The molecule has 0 bridgehead atoms. The lowest BCUT2D eigenvalue weighted by atomic mass is 9.91. The molecule has 10 N–H and O–H groups in total. The number of nitrogens with one attached hydrogen (secondary N) is 3. The van der Waals surface area contributed by atoms with Crippen molar-refractivity contribution < 1.29 is 38.7 Å². The van der Waals surface area contributed by atoms with Crippen molar-refractivity contribution in [2.24, 2.45) is 12.2 Å². The number of anilines is 3. The van der Waals surface area contributed by atoms with E-state index in [0.29, 0.717) is 29.9 Å². The summed E-state index contributed by atoms with van der Waals surface area (Å²) < 4.78 is 27.5. The summed E-state index contributed by atoms with van der Waals surface area (Å²) in [6.07, 6.45) is 0.450. The minimum atomic E-state index is -3.98. The van der Waals surface area contributed by atoms with Crippen LogP contribution >= 0.6 is 0 Å². The van der Waals surface area contributed by atoms with Crippen LogP contribution in [0.2, 0.25) is 0 Å². The molecule has 3 aromatic heterocycles. The highest BCUT2D eigenvalue weighted by Crippen LogP contribution is 2.41. The van der Waals surface area contributed by atoms with Gasteiger partial charge in [-0.2, -0.15) is 9.97 Å². The first-order valence-electron chi connectivity index (χ1n) is 19.0. The molecule has 2 amide bonds. The number of nitrogens with two attached hydrogens (primary N) is 1. The number of carbonyl (C=O) groups is 1. The standard InChI is InChI=1S/C39H43N11O9S/c1-47-19-31(53)50(39(47)57)30-16-29(33(54)34(30)55)49-20-42-32-35(41-17-28(21-5-9-25(51)10-6-21)22-7-11-26(52)12-8-22)45-37(46-36(32)49)48-14-13-24(18-48)44-38(56)43-23-3-2-4-27(15-23)60(40,58)59/h2-12,15,19-20,24,28-30,33-34,51-55H,13-14,16-18H2,1H3,(H2,40,58,59)(H,41,45,46)(H2,43,44,56)/t24-,29-,30+,33+,34-/m1/s1. The lowest BCUT2D eigenvalue weighted by molar-refractivity contribution is 0.00756. The number of urea groups is 1. The van der Waals surface area contributed by atoms with Gasteiger partial charge < -0.3 is 51.0 Å². The van der Waals surface area contributed by atoms with E-state index in [4.69, 9.17) is 15.1 Å². The van der Waals surface area contributed by atoms with Gasteiger partial charge in [0.25, 0.3) is 0 Å². The summed E-state index contributed by atoms with van der Waals surface area (Å²) in [4.78, 5) is 42.1. The van der Waals surface area contributed by atoms with E-state index in [9.17, 15) is 43.5 Å². The Hall–Kier alpha value is -6.68. The van der Waals surface area contributed by atoms with Crippen LogP contribution in [0.5, 0.6) is 17.4 Å². The summed E-state index contributed by atoms with van der Waals surface area (Å²) in [7, 11) is -2.51. The van der Waals surface area contributed by atoms with Gasteiger partial charge in [0.1, 0.15) is 23.7 Å². The zero-order chi connectivity index (χ0) is 42.5. The predicted molar refractivity (Wildman–Crippen MR) is 218 cm³/mol. The number of benzene rings is 3. The molecule has 21 heteroatoms. The summed E-state index contributed by atoms with van der Waals surface area (Å²) in [6.45, 7) is 0.988. The van der Waals surface area contributed by atoms with E-state index < -0.39 is 46.0 Å². The molecule has 314 valence electrons. The van der Waals surface area contributed by atoms with Gasteiger partial charge in [0, 0.05) is 44.3 Å². The van der Waals surface area contributed by atoms with Crippen molar-refractivity contribution in [1.29, 1.82) is 0 Å². The van der Waals surface area contributed by atoms with Crippen molar-refractivity contribution in [3.05, 3.63) is 107 Å². The third-order valence-electron chi connectivity index (χ3n) is 11.1. The molecule has 2 fully saturated rings. The number of hydrogen-bond acceptors (Lipinski definition) is 14. The number of aromatic nitrogens is 6. The Labute approximate surface area is 342 Å². The molecule has 1 saturated heterocycles. The number of phenols is 2. The van der Waals surface area contributed by atoms with Crippen LogP contribution < -0.4 is 31.7 Å². The van der Waals surface area contributed by atoms with Gasteiger partial charge >= 0.3 is 11.7 Å². The molecule has 1 aliphatic carbocycles. The third-order valence-corrected chi connectivity index (χ3v) is 12.0. The maximum absolute atomic E-state index is 13.0. The Morgan fingerprint density at radius 3 is 2.25 bits per heavy atom. The molecular formula is C39H43N11O9S. The number of aliphatic hydroxyl groups excluding tert-OH is 2. The Kier molecular flexibility index (Phi) is 10.6. The fraction of sp³-hybridized carbons (Fsp3) is 0.308. The van der Waals surface area contributed by atoms with Crippen LogP contribution in [0.15, 0.2) is 95.0 Å². The number of imidazole rings is 2. The number of carbonyl (C=O) groups excluding carboxylic acids is 1. The van der Waals surface area contributed by atoms with Crippen molar-refractivity contribution >= 4 is 44.7 Å². The van der Waals surface area contributed by atoms with Crippen LogP contribution in [-0.4, -0.2) is 107 Å². The van der Waals surface area contributed by atoms with Crippen molar-refractivity contribution in [3.63, 3.8) is 0 Å². The predicted octanol–water partition coefficient (Wildman–Crippen LogP) is 1.64. The first kappa shape index (κ1) is 40.1. The zero-order valence-electron chi connectivity index (χ0n) is 32.1. The van der Waals surface area contributed by atoms with Crippen molar-refractivity contribution in [3.8, 4) is 17.4 Å². The highest BCUT2D eigenvalue weighted by molar-refractivity contribution is 7.89. The normalized spacial score (nSPS) is 20.6. The average molecular weight is 842 g/mol. The molecule has 1 aliphatic heterocycles. The summed E-state index contributed by atoms with van der Waals surface area (Å²) in [5, 5.41) is 67.5. The van der Waals surface area contributed by atoms with Crippen LogP contribution in [0.3, 0.4) is 0 Å². The van der Waals surface area contributed by atoms with Gasteiger partial charge in [-0.15, -0.1) is 0 Å². The molecule has 5 atom stereocenters. The van der Waals surface area contributed by atoms with E-state index in [0.717, 1.165) is 15.7 Å². The van der Waals surface area contributed by atoms with Crippen LogP contribution in [-0.2, 0) is 17.1 Å². The van der Waals surface area contributed by atoms with Gasteiger partial charge in [-0.05, 0) is 66.4 Å². The van der Waals surface area contributed by atoms with Gasteiger partial charge in [0.2, 0.25) is 21.9 Å². The second kappa shape index (κ2) is 15.8. The number of aryl methyl sites for hydroxylation is 1. The largest absolute Gasteiger partial charge is 0.508 e. The van der Waals surface area contributed by atoms with Crippen molar-refractivity contribution in [2.45, 2.75) is 54.0 Å². The molecule has 4 heterocycles. The first-order valence-corrected chi connectivity index (χ1v) is 20.5. The van der Waals surface area contributed by atoms with Crippen molar-refractivity contribution in [2.75, 3.05) is 35.2 Å². The molecule has 8 rings (SSSR count). The van der Waals surface area contributed by atoms with Crippen LogP contribution in [0.25, 0.3) is 11.2 Å². The van der Waals surface area contributed by atoms with Gasteiger partial charge in [0.05, 0.1) is 29.5 Å². The number of aliphatic hydroxyl groups is 2. The fourth-order valence-corrected chi connectivity index (χ4v) is 8.56. The van der Waals surface area contributed by atoms with E-state index in [2.05, 4.69) is 20.9 Å². The first-order chi connectivity index (χ1) is 28.6. The maximum atomic E-state index is 13.0. The van der Waals surface area contributed by atoms with E-state index in [-0.39, 0.29) is 65.4 Å². The molecule has 0 unspecified atom stereocenters. The Balaban J connectivity index is 1.11. The summed E-state index contributed by atoms with van der Waals surface area (Å²) >= 11 is 0. The maximum Gasteiger partial charge on any atom is 0.331 e. The molecule has 6 aromatic rings. The van der Waals surface area contributed by atoms with Crippen LogP contribution in [0.1, 0.15) is 42.0 Å². The van der Waals surface area contributed by atoms with Crippen LogP contribution in [0, 0.1) is 0 Å². The number of amides is 2. The lowest BCUT2D eigenvalue weighted by Crippen LogP contribution is -2.40. The van der Waals surface area contributed by atoms with Gasteiger partial charge in [-0.1, -0.05) is 30.3 Å². The average Bonchev–Trinajstić information content (AvgIpc) is 3.98. The quantitative estimate of drug-likeness (QED) is 0.0897. The number of aromatic hydroxyl groups is 3. The Morgan fingerprint density at radius 1 is 0.950 bits per heavy atom. The summed E-state index contributed by atoms with van der Waals surface area (Å²) in [5.41, 5.74) is 2.04. The van der Waals surface area contributed by atoms with Gasteiger partial charge in [-0.25, -0.2) is 28.1 Å². The molecule has 2 aliphatic rings. The van der Waals surface area contributed by atoms with E-state index in [1.165, 1.54) is 48.4 Å². The van der Waals surface area contributed by atoms with E-state index >= 15 is 0 Å². The molecule has 20 nitrogen and oxygen atoms in total. The summed E-state index contributed by atoms with van der Waals surface area (Å²) in [6, 6.07) is 16.4. The third kappa shape index (κ3) is 7.89. The number of phenolic OH excluding ortho intramolecular Hbond substituents is 2. The number of fused-ring (bicyclic) bond motifs is 1. The fourth-order valence-electron chi connectivity index (χ4n) is 8.00. The second-order valence-electron chi connectivity index (χ2n) is 15.0. The summed E-state index contributed by atoms with van der Waals surface area (Å²) in [5.74, 6) is 0.155. The molecule has 60 heavy (non-hydrogen) atoms. The zero-order valence-corrected chi connectivity index (χ0v) is 32.9. The van der Waals surface area contributed by atoms with E-state index in [1.54, 1.807) is 53.1 Å². The topological polar surface area (TPSA) is 288 Å². The molecule has 0 spiro atoms. The molecule has 0 radical (unpaired) electrons. The highest BCUT2D eigenvalue weighted by atomic mass is 32.2. The monoisotopic (exact) mass is 841 g/mol. The number of sulfonamides is 1. The van der Waals surface area contributed by atoms with Gasteiger partial charge in [-0.3, -0.25) is 9.13 Å². The molecular weight excluding hydrogens is 799 g/mol. The smallest absolute Gasteiger partial charge is 0.331 e. The number of nitrogens with zero attached hydrogens (tertiary/aromatic N) is 7. The molecule has 3 aromatic carbocycles. The van der Waals surface area contributed by atoms with Crippen molar-refractivity contribution in [1.82, 2.24) is 34.0 Å². The Morgan fingerprint density at radius 2 is 1.62 bits per heavy atom. The minimum absolute atomic E-state index is 0.0437. The highest BCUT2D eigenvalue weighted by Gasteiger charge is 2.46. The SMILES string of the molecule is Cn1cc(O)n([C@H]2C[C@@H](n3cnc4c(NCC(c5ccc(O)cc5)c5ccc(O)cc5)nc(N5CC[C@@H](NC(=O)Nc6cccc(S(N)(=O)=O)c6)C5)nc43)[C@H](O)[C@@H]2O)c1=O. The molecule has 1 saturated carbocycles. The number of rotatable bonds is 11. The van der Waals surface area contributed by atoms with E-state index in [1.807, 2.05) is 4.90 Å². The number of hydrogen-bond donors (Lipinski definition) is 9. The number of primary sulfonamides is 1. The minimum Gasteiger partial charge on any atom is -0.508 e. The Bertz CT molecular complexity index is 2680. The van der Waals surface area contributed by atoms with Gasteiger partial charge in [0.15, 0.2) is 17.0 Å².